The summed E-state index contributed by atoms with van der Waals surface area (Å²) in [5.74, 6) is 0. The Hall–Kier alpha value is -1.61. The minimum atomic E-state index is -4.44. The molecule has 1 aromatic carbocycles. The lowest BCUT2D eigenvalue weighted by Crippen LogP contribution is -2.13. The fourth-order valence-corrected chi connectivity index (χ4v) is 1.62. The van der Waals surface area contributed by atoms with Gasteiger partial charge in [0.15, 0.2) is 0 Å². The smallest absolute Gasteiger partial charge is 0.396 e. The maximum Gasteiger partial charge on any atom is 0.417 e. The summed E-state index contributed by atoms with van der Waals surface area (Å²) in [6, 6.07) is 3.42. The van der Waals surface area contributed by atoms with Crippen LogP contribution in [0.5, 0.6) is 0 Å². The molecule has 22 heavy (non-hydrogen) atoms. The highest BCUT2D eigenvalue weighted by atomic mass is 35.5. The summed E-state index contributed by atoms with van der Waals surface area (Å²) < 4.78 is 61.4. The van der Waals surface area contributed by atoms with Crippen molar-refractivity contribution in [2.75, 3.05) is 6.61 Å². The van der Waals surface area contributed by atoms with E-state index in [4.69, 9.17) is 29.6 Å². The fourth-order valence-electron chi connectivity index (χ4n) is 1.45. The minimum Gasteiger partial charge on any atom is -0.396 e. The number of oxime groups is 1. The normalized spacial score (nSPS) is 11.5. The van der Waals surface area contributed by atoms with Gasteiger partial charge in [-0.15, -0.1) is 0 Å². The molecule has 124 valence electrons. The summed E-state index contributed by atoms with van der Waals surface area (Å²) in [6.07, 6.45) is -4.12. The van der Waals surface area contributed by atoms with E-state index >= 15 is 0 Å². The number of benzene rings is 1. The van der Waals surface area contributed by atoms with Crippen molar-refractivity contribution in [3.63, 3.8) is 0 Å². The monoisotopic (exact) mass is 358 g/mol. The first-order chi connectivity index (χ1) is 10.1. The van der Waals surface area contributed by atoms with Gasteiger partial charge in [-0.25, -0.2) is 0 Å². The van der Waals surface area contributed by atoms with Crippen LogP contribution >= 0.6 is 11.6 Å². The van der Waals surface area contributed by atoms with Crippen LogP contribution in [0.4, 0.5) is 13.2 Å². The molecule has 1 rings (SSSR count). The summed E-state index contributed by atoms with van der Waals surface area (Å²) in [7, 11) is -2.61. The highest BCUT2D eigenvalue weighted by Crippen LogP contribution is 2.34. The van der Waals surface area contributed by atoms with E-state index in [1.54, 1.807) is 13.8 Å². The molecule has 0 saturated carbocycles. The molecule has 0 atom stereocenters. The third kappa shape index (κ3) is 7.41. The van der Waals surface area contributed by atoms with Crippen molar-refractivity contribution >= 4 is 27.8 Å². The van der Waals surface area contributed by atoms with Crippen LogP contribution in [-0.2, 0) is 21.5 Å². The fraction of sp³-hybridized carbons (Fsp3) is 0.417. The number of hydrogen-bond donors (Lipinski definition) is 1. The topological polar surface area (TPSA) is 79.6 Å². The zero-order valence-electron chi connectivity index (χ0n) is 11.7. The third-order valence-corrected chi connectivity index (χ3v) is 2.47. The predicted octanol–water partition coefficient (Wildman–Crippen LogP) is 4.14. The van der Waals surface area contributed by atoms with Crippen molar-refractivity contribution in [1.29, 1.82) is 4.78 Å². The van der Waals surface area contributed by atoms with Gasteiger partial charge in [-0.1, -0.05) is 23.7 Å². The van der Waals surface area contributed by atoms with Crippen molar-refractivity contribution in [3.05, 3.63) is 34.3 Å². The maximum absolute atomic E-state index is 12.9. The molecule has 0 unspecified atom stereocenters. The van der Waals surface area contributed by atoms with E-state index in [1.165, 1.54) is 12.1 Å². The van der Waals surface area contributed by atoms with Crippen LogP contribution in [0.15, 0.2) is 23.4 Å². The molecular formula is C12H14ClF3N2O3S. The number of nitrogens with zero attached hydrogens (tertiary/aromatic N) is 1. The van der Waals surface area contributed by atoms with Crippen molar-refractivity contribution in [1.82, 2.24) is 0 Å². The first kappa shape index (κ1) is 20.4. The molecule has 0 aliphatic heterocycles. The lowest BCUT2D eigenvalue weighted by molar-refractivity contribution is -0.137. The van der Waals surface area contributed by atoms with E-state index in [2.05, 4.69) is 5.16 Å². The first-order valence-electron chi connectivity index (χ1n) is 5.99. The van der Waals surface area contributed by atoms with Crippen molar-refractivity contribution in [2.45, 2.75) is 26.4 Å². The van der Waals surface area contributed by atoms with Gasteiger partial charge in [-0.05, 0) is 31.5 Å². The highest BCUT2D eigenvalue weighted by Gasteiger charge is 2.34. The van der Waals surface area contributed by atoms with E-state index in [1.807, 2.05) is 0 Å². The van der Waals surface area contributed by atoms with E-state index < -0.39 is 22.2 Å². The van der Waals surface area contributed by atoms with Crippen molar-refractivity contribution in [3.8, 4) is 0 Å². The number of hydrogen-bond acceptors (Lipinski definition) is 5. The van der Waals surface area contributed by atoms with Gasteiger partial charge in [0.1, 0.15) is 6.61 Å². The lowest BCUT2D eigenvalue weighted by Gasteiger charge is -2.13. The second kappa shape index (κ2) is 9.42. The molecule has 0 aliphatic carbocycles. The van der Waals surface area contributed by atoms with Crippen LogP contribution in [0.2, 0.25) is 5.02 Å². The Morgan fingerprint density at radius 3 is 2.32 bits per heavy atom. The molecule has 0 heterocycles. The summed E-state index contributed by atoms with van der Waals surface area (Å²) >= 11 is 5.74. The van der Waals surface area contributed by atoms with E-state index in [0.29, 0.717) is 13.0 Å². The van der Waals surface area contributed by atoms with Crippen LogP contribution in [0.1, 0.15) is 31.4 Å². The van der Waals surface area contributed by atoms with E-state index in [9.17, 15) is 13.2 Å². The molecule has 0 spiro atoms. The molecule has 0 radical (unpaired) electrons. The highest BCUT2D eigenvalue weighted by molar-refractivity contribution is 7.60. The molecule has 0 bridgehead atoms. The molecule has 5 nitrogen and oxygen atoms in total. The molecule has 1 N–H and O–H groups in total. The van der Waals surface area contributed by atoms with Crippen LogP contribution in [-0.4, -0.2) is 20.7 Å². The Kier molecular flexibility index (Phi) is 8.73. The third-order valence-electron chi connectivity index (χ3n) is 2.24. The van der Waals surface area contributed by atoms with Gasteiger partial charge in [-0.2, -0.15) is 26.4 Å². The van der Waals surface area contributed by atoms with Crippen LogP contribution < -0.4 is 0 Å². The molecule has 0 fully saturated rings. The lowest BCUT2D eigenvalue weighted by atomic mass is 10.0. The quantitative estimate of drug-likeness (QED) is 0.649. The molecular weight excluding hydrogens is 345 g/mol. The van der Waals surface area contributed by atoms with E-state index in [-0.39, 0.29) is 16.3 Å². The van der Waals surface area contributed by atoms with Crippen molar-refractivity contribution < 1.29 is 26.4 Å². The molecule has 0 saturated heterocycles. The Balaban J connectivity index is 0.000000980. The molecule has 0 aliphatic rings. The summed E-state index contributed by atoms with van der Waals surface area (Å²) in [5.41, 5.74) is -0.565. The average molecular weight is 359 g/mol. The van der Waals surface area contributed by atoms with Gasteiger partial charge in [0, 0.05) is 10.6 Å². The minimum absolute atomic E-state index is 0.0362. The van der Waals surface area contributed by atoms with Gasteiger partial charge >= 0.3 is 16.7 Å². The average Bonchev–Trinajstić information content (AvgIpc) is 2.37. The van der Waals surface area contributed by atoms with Crippen molar-refractivity contribution in [2.24, 2.45) is 5.16 Å². The number of halogens is 4. The summed E-state index contributed by atoms with van der Waals surface area (Å²) in [4.78, 5) is 4.83. The van der Waals surface area contributed by atoms with Crippen LogP contribution in [0.25, 0.3) is 0 Å². The molecule has 0 aromatic heterocycles. The second-order valence-electron chi connectivity index (χ2n) is 3.73. The zero-order chi connectivity index (χ0) is 17.3. The van der Waals surface area contributed by atoms with Crippen LogP contribution in [0, 0.1) is 4.78 Å². The van der Waals surface area contributed by atoms with Gasteiger partial charge in [-0.3, -0.25) is 0 Å². The Bertz CT molecular complexity index is 624. The maximum atomic E-state index is 12.9. The van der Waals surface area contributed by atoms with Crippen LogP contribution in [0.3, 0.4) is 0 Å². The molecule has 1 aromatic rings. The van der Waals surface area contributed by atoms with Gasteiger partial charge in [0.25, 0.3) is 0 Å². The first-order valence-corrected chi connectivity index (χ1v) is 7.45. The van der Waals surface area contributed by atoms with Gasteiger partial charge in [0.2, 0.25) is 0 Å². The van der Waals surface area contributed by atoms with Gasteiger partial charge in [0.05, 0.1) is 11.3 Å². The summed E-state index contributed by atoms with van der Waals surface area (Å²) in [6.45, 7) is 3.71. The standard InChI is InChI=1S/C12H13ClF3NO.HNO2S/c1-3-11(17-18-4-2)9-7-8(13)5-6-10(9)12(14,15)16;1-4(2)3/h5-7H,3-4H2,1-2H3;1H/b17-11+;. The number of rotatable bonds is 4. The van der Waals surface area contributed by atoms with Gasteiger partial charge < -0.3 is 4.84 Å². The second-order valence-corrected chi connectivity index (χ2v) is 4.64. The largest absolute Gasteiger partial charge is 0.417 e. The molecule has 10 heteroatoms. The van der Waals surface area contributed by atoms with E-state index in [0.717, 1.165) is 6.07 Å². The Labute approximate surface area is 132 Å². The summed E-state index contributed by atoms with van der Waals surface area (Å²) in [5, 5.41) is 3.94. The number of alkyl halides is 3. The predicted molar refractivity (Wildman–Crippen MR) is 76.5 cm³/mol. The Morgan fingerprint density at radius 1 is 1.36 bits per heavy atom. The SMILES string of the molecule is CCO/N=C(\CC)c1cc(Cl)ccc1C(F)(F)F.N=S(=O)=O. The zero-order valence-corrected chi connectivity index (χ0v) is 13.3. The molecule has 0 amide bonds. The number of nitrogens with one attached hydrogen (secondary N) is 1. The Morgan fingerprint density at radius 2 is 1.91 bits per heavy atom.